The van der Waals surface area contributed by atoms with Crippen LogP contribution < -0.4 is 0 Å². The minimum atomic E-state index is -0.0482. The van der Waals surface area contributed by atoms with E-state index < -0.39 is 0 Å². The first kappa shape index (κ1) is 16.0. The molecule has 1 atom stereocenters. The van der Waals surface area contributed by atoms with E-state index in [2.05, 4.69) is 98.8 Å². The first-order valence-electron chi connectivity index (χ1n) is 7.95. The molecule has 0 fully saturated rings. The Hall–Kier alpha value is -2.54. The summed E-state index contributed by atoms with van der Waals surface area (Å²) < 4.78 is 2.99. The Morgan fingerprint density at radius 1 is 0.760 bits per heavy atom. The molecule has 4 aromatic rings. The van der Waals surface area contributed by atoms with Gasteiger partial charge in [-0.3, -0.25) is 0 Å². The number of aromatic nitrogens is 4. The molecule has 0 N–H and O–H groups in total. The topological polar surface area (TPSA) is 43.6 Å². The fourth-order valence-corrected chi connectivity index (χ4v) is 3.63. The van der Waals surface area contributed by atoms with Gasteiger partial charge in [-0.1, -0.05) is 72.8 Å². The summed E-state index contributed by atoms with van der Waals surface area (Å²) in [5, 5.41) is 11.8. The van der Waals surface area contributed by atoms with Crippen molar-refractivity contribution in [3.63, 3.8) is 0 Å². The van der Waals surface area contributed by atoms with Crippen molar-refractivity contribution in [2.75, 3.05) is 0 Å². The van der Waals surface area contributed by atoms with Crippen molar-refractivity contribution >= 4 is 22.6 Å². The van der Waals surface area contributed by atoms with Crippen LogP contribution in [0.1, 0.15) is 17.2 Å². The number of hydrogen-bond donors (Lipinski definition) is 0. The van der Waals surface area contributed by atoms with Gasteiger partial charge in [0.05, 0.1) is 0 Å². The summed E-state index contributed by atoms with van der Waals surface area (Å²) in [6.07, 6.45) is 1.67. The summed E-state index contributed by atoms with van der Waals surface area (Å²) in [6.45, 7) is 0. The standard InChI is InChI=1S/C20H15IN4/c21-19-9-5-4-8-18(19)20(25-14-22-23-24-25)17-12-10-16(11-13-17)15-6-2-1-3-7-15/h1-14,20H. The van der Waals surface area contributed by atoms with Gasteiger partial charge >= 0.3 is 0 Å². The molecule has 0 bridgehead atoms. The first-order chi connectivity index (χ1) is 12.3. The van der Waals surface area contributed by atoms with Crippen LogP contribution in [0.2, 0.25) is 0 Å². The van der Waals surface area contributed by atoms with Gasteiger partial charge in [-0.05, 0) is 61.3 Å². The number of tetrazole rings is 1. The molecule has 0 aliphatic heterocycles. The molecule has 4 nitrogen and oxygen atoms in total. The molecular weight excluding hydrogens is 423 g/mol. The van der Waals surface area contributed by atoms with Crippen molar-refractivity contribution in [2.24, 2.45) is 0 Å². The normalized spacial score (nSPS) is 12.0. The Morgan fingerprint density at radius 3 is 2.12 bits per heavy atom. The molecule has 0 spiro atoms. The van der Waals surface area contributed by atoms with Gasteiger partial charge in [-0.15, -0.1) is 5.10 Å². The summed E-state index contributed by atoms with van der Waals surface area (Å²) in [5.74, 6) is 0. The predicted molar refractivity (Wildman–Crippen MR) is 106 cm³/mol. The number of hydrogen-bond acceptors (Lipinski definition) is 3. The lowest BCUT2D eigenvalue weighted by molar-refractivity contribution is 0.569. The summed E-state index contributed by atoms with van der Waals surface area (Å²) >= 11 is 2.36. The van der Waals surface area contributed by atoms with Crippen molar-refractivity contribution in [1.82, 2.24) is 20.2 Å². The zero-order valence-electron chi connectivity index (χ0n) is 13.3. The number of benzene rings is 3. The van der Waals surface area contributed by atoms with E-state index in [-0.39, 0.29) is 6.04 Å². The minimum Gasteiger partial charge on any atom is -0.220 e. The Kier molecular flexibility index (Phi) is 4.56. The summed E-state index contributed by atoms with van der Waals surface area (Å²) in [7, 11) is 0. The first-order valence-corrected chi connectivity index (χ1v) is 9.03. The van der Waals surface area contributed by atoms with Gasteiger partial charge in [0.2, 0.25) is 0 Å². The van der Waals surface area contributed by atoms with Crippen LogP contribution in [0.25, 0.3) is 11.1 Å². The molecule has 0 amide bonds. The molecule has 25 heavy (non-hydrogen) atoms. The number of halogens is 1. The minimum absolute atomic E-state index is 0.0482. The van der Waals surface area contributed by atoms with Gasteiger partial charge in [0.25, 0.3) is 0 Å². The number of nitrogens with zero attached hydrogens (tertiary/aromatic N) is 4. The largest absolute Gasteiger partial charge is 0.220 e. The van der Waals surface area contributed by atoms with Crippen LogP contribution in [0.4, 0.5) is 0 Å². The quantitative estimate of drug-likeness (QED) is 0.438. The Labute approximate surface area is 159 Å². The molecule has 4 rings (SSSR count). The van der Waals surface area contributed by atoms with Crippen molar-refractivity contribution in [2.45, 2.75) is 6.04 Å². The third-order valence-electron chi connectivity index (χ3n) is 4.16. The third kappa shape index (κ3) is 3.32. The van der Waals surface area contributed by atoms with Crippen molar-refractivity contribution in [1.29, 1.82) is 0 Å². The molecule has 0 saturated carbocycles. The molecule has 1 aromatic heterocycles. The summed E-state index contributed by atoms with van der Waals surface area (Å²) in [6, 6.07) is 27.3. The summed E-state index contributed by atoms with van der Waals surface area (Å²) in [5.41, 5.74) is 4.74. The lowest BCUT2D eigenvalue weighted by atomic mass is 9.96. The molecule has 0 radical (unpaired) electrons. The van der Waals surface area contributed by atoms with E-state index in [1.54, 1.807) is 11.0 Å². The van der Waals surface area contributed by atoms with Gasteiger partial charge < -0.3 is 0 Å². The molecule has 0 aliphatic rings. The van der Waals surface area contributed by atoms with Crippen LogP contribution >= 0.6 is 22.6 Å². The van der Waals surface area contributed by atoms with E-state index >= 15 is 0 Å². The predicted octanol–water partition coefficient (Wildman–Crippen LogP) is 4.58. The second-order valence-corrected chi connectivity index (χ2v) is 6.86. The van der Waals surface area contributed by atoms with Crippen molar-refractivity contribution in [3.05, 3.63) is 99.9 Å². The highest BCUT2D eigenvalue weighted by atomic mass is 127. The van der Waals surface area contributed by atoms with E-state index in [0.717, 1.165) is 5.56 Å². The van der Waals surface area contributed by atoms with Crippen LogP contribution in [0.15, 0.2) is 85.2 Å². The lowest BCUT2D eigenvalue weighted by Crippen LogP contribution is -2.14. The lowest BCUT2D eigenvalue weighted by Gasteiger charge is -2.19. The molecule has 122 valence electrons. The Bertz CT molecular complexity index is 951. The average Bonchev–Trinajstić information content (AvgIpc) is 3.19. The highest BCUT2D eigenvalue weighted by Crippen LogP contribution is 2.30. The monoisotopic (exact) mass is 438 g/mol. The molecule has 1 heterocycles. The Balaban J connectivity index is 1.77. The smallest absolute Gasteiger partial charge is 0.139 e. The van der Waals surface area contributed by atoms with Gasteiger partial charge in [-0.2, -0.15) is 0 Å². The molecule has 5 heteroatoms. The fourth-order valence-electron chi connectivity index (χ4n) is 2.95. The SMILES string of the molecule is Ic1ccccc1C(c1ccc(-c2ccccc2)cc1)n1cnnn1. The van der Waals surface area contributed by atoms with Crippen molar-refractivity contribution in [3.8, 4) is 11.1 Å². The van der Waals surface area contributed by atoms with Crippen LogP contribution in [0.3, 0.4) is 0 Å². The molecule has 0 saturated heterocycles. The van der Waals surface area contributed by atoms with E-state index in [4.69, 9.17) is 0 Å². The van der Waals surface area contributed by atoms with Crippen LogP contribution in [-0.4, -0.2) is 20.2 Å². The van der Waals surface area contributed by atoms with E-state index in [1.165, 1.54) is 20.3 Å². The average molecular weight is 438 g/mol. The van der Waals surface area contributed by atoms with Crippen LogP contribution in [-0.2, 0) is 0 Å². The molecular formula is C20H15IN4. The molecule has 1 unspecified atom stereocenters. The van der Waals surface area contributed by atoms with Crippen LogP contribution in [0, 0.1) is 3.57 Å². The zero-order valence-corrected chi connectivity index (χ0v) is 15.5. The maximum absolute atomic E-state index is 4.14. The van der Waals surface area contributed by atoms with E-state index in [1.807, 2.05) is 18.2 Å². The van der Waals surface area contributed by atoms with Gasteiger partial charge in [-0.25, -0.2) is 4.68 Å². The molecule has 0 aliphatic carbocycles. The maximum Gasteiger partial charge on any atom is 0.139 e. The van der Waals surface area contributed by atoms with Crippen molar-refractivity contribution < 1.29 is 0 Å². The maximum atomic E-state index is 4.14. The molecule has 3 aromatic carbocycles. The zero-order chi connectivity index (χ0) is 17.1. The van der Waals surface area contributed by atoms with Crippen LogP contribution in [0.5, 0.6) is 0 Å². The van der Waals surface area contributed by atoms with E-state index in [0.29, 0.717) is 0 Å². The summed E-state index contributed by atoms with van der Waals surface area (Å²) in [4.78, 5) is 0. The highest BCUT2D eigenvalue weighted by Gasteiger charge is 2.19. The Morgan fingerprint density at radius 2 is 1.44 bits per heavy atom. The van der Waals surface area contributed by atoms with E-state index in [9.17, 15) is 0 Å². The van der Waals surface area contributed by atoms with Gasteiger partial charge in [0.1, 0.15) is 12.4 Å². The van der Waals surface area contributed by atoms with Gasteiger partial charge in [0.15, 0.2) is 0 Å². The highest BCUT2D eigenvalue weighted by molar-refractivity contribution is 14.1. The van der Waals surface area contributed by atoms with Gasteiger partial charge in [0, 0.05) is 3.57 Å². The second-order valence-electron chi connectivity index (χ2n) is 5.70. The second kappa shape index (κ2) is 7.14. The third-order valence-corrected chi connectivity index (χ3v) is 5.15. The number of rotatable bonds is 4. The fraction of sp³-hybridized carbons (Fsp3) is 0.0500.